The summed E-state index contributed by atoms with van der Waals surface area (Å²) in [6.45, 7) is 0. The molecule has 0 unspecified atom stereocenters. The fourth-order valence-electron chi connectivity index (χ4n) is 0.333. The predicted octanol–water partition coefficient (Wildman–Crippen LogP) is 1.78. The van der Waals surface area contributed by atoms with Gasteiger partial charge in [0.1, 0.15) is 0 Å². The molecule has 0 heterocycles. The van der Waals surface area contributed by atoms with E-state index in [1.165, 1.54) is 17.1 Å². The van der Waals surface area contributed by atoms with Crippen molar-refractivity contribution in [1.82, 2.24) is 0 Å². The first kappa shape index (κ1) is 9.22. The Labute approximate surface area is 68.8 Å². The SMILES string of the molecule is SCCC[Se]CCS. The first-order chi connectivity index (χ1) is 3.91. The van der Waals surface area contributed by atoms with Crippen LogP contribution in [0.5, 0.6) is 0 Å². The molecule has 0 amide bonds. The fraction of sp³-hybridized carbons (Fsp3) is 1.00. The van der Waals surface area contributed by atoms with E-state index in [0.717, 1.165) is 26.5 Å². The van der Waals surface area contributed by atoms with E-state index in [1.54, 1.807) is 0 Å². The van der Waals surface area contributed by atoms with Gasteiger partial charge in [-0.3, -0.25) is 0 Å². The second kappa shape index (κ2) is 8.22. The molecule has 0 spiro atoms. The van der Waals surface area contributed by atoms with E-state index in [2.05, 4.69) is 25.3 Å². The summed E-state index contributed by atoms with van der Waals surface area (Å²) in [6, 6.07) is 0. The summed E-state index contributed by atoms with van der Waals surface area (Å²) in [4.78, 5) is 0. The van der Waals surface area contributed by atoms with Crippen LogP contribution in [0.25, 0.3) is 0 Å². The van der Waals surface area contributed by atoms with E-state index in [4.69, 9.17) is 0 Å². The van der Waals surface area contributed by atoms with E-state index >= 15 is 0 Å². The Balaban J connectivity index is 2.53. The third kappa shape index (κ3) is 7.22. The van der Waals surface area contributed by atoms with Crippen LogP contribution >= 0.6 is 25.3 Å². The molecule has 0 N–H and O–H groups in total. The molecule has 0 rings (SSSR count). The zero-order valence-electron chi connectivity index (χ0n) is 4.84. The van der Waals surface area contributed by atoms with Crippen molar-refractivity contribution in [2.75, 3.05) is 11.5 Å². The summed E-state index contributed by atoms with van der Waals surface area (Å²) in [5.74, 6) is 2.11. The third-order valence-electron chi connectivity index (χ3n) is 0.682. The van der Waals surface area contributed by atoms with Gasteiger partial charge in [0.05, 0.1) is 0 Å². The molecule has 0 aromatic rings. The molecule has 0 fully saturated rings. The van der Waals surface area contributed by atoms with Gasteiger partial charge >= 0.3 is 68.8 Å². The van der Waals surface area contributed by atoms with Crippen LogP contribution in [0.3, 0.4) is 0 Å². The van der Waals surface area contributed by atoms with E-state index in [9.17, 15) is 0 Å². The van der Waals surface area contributed by atoms with Crippen molar-refractivity contribution in [2.45, 2.75) is 17.1 Å². The van der Waals surface area contributed by atoms with Crippen molar-refractivity contribution in [3.8, 4) is 0 Å². The van der Waals surface area contributed by atoms with Crippen LogP contribution in [-0.4, -0.2) is 26.5 Å². The zero-order chi connectivity index (χ0) is 6.24. The van der Waals surface area contributed by atoms with Crippen molar-refractivity contribution >= 4 is 40.2 Å². The van der Waals surface area contributed by atoms with E-state index < -0.39 is 0 Å². The van der Waals surface area contributed by atoms with Crippen LogP contribution in [-0.2, 0) is 0 Å². The van der Waals surface area contributed by atoms with Gasteiger partial charge in [-0.25, -0.2) is 0 Å². The van der Waals surface area contributed by atoms with Gasteiger partial charge in [0.15, 0.2) is 0 Å². The van der Waals surface area contributed by atoms with Crippen molar-refractivity contribution in [2.24, 2.45) is 0 Å². The number of hydrogen-bond acceptors (Lipinski definition) is 2. The molecule has 0 atom stereocenters. The van der Waals surface area contributed by atoms with Crippen LogP contribution in [0.15, 0.2) is 0 Å². The maximum absolute atomic E-state index is 4.12. The molecule has 0 saturated heterocycles. The minimum atomic E-state index is 0.852. The van der Waals surface area contributed by atoms with Gasteiger partial charge < -0.3 is 0 Å². The van der Waals surface area contributed by atoms with Crippen molar-refractivity contribution in [1.29, 1.82) is 0 Å². The van der Waals surface area contributed by atoms with Crippen molar-refractivity contribution in [3.05, 3.63) is 0 Å². The van der Waals surface area contributed by atoms with Gasteiger partial charge in [-0.2, -0.15) is 0 Å². The Morgan fingerprint density at radius 1 is 1.00 bits per heavy atom. The van der Waals surface area contributed by atoms with Gasteiger partial charge in [0.2, 0.25) is 0 Å². The topological polar surface area (TPSA) is 0 Å². The predicted molar refractivity (Wildman–Crippen MR) is 47.7 cm³/mol. The monoisotopic (exact) mass is 216 g/mol. The second-order valence-corrected chi connectivity index (χ2v) is 4.88. The van der Waals surface area contributed by atoms with Crippen LogP contribution < -0.4 is 0 Å². The molecule has 8 heavy (non-hydrogen) atoms. The summed E-state index contributed by atoms with van der Waals surface area (Å²) < 4.78 is 0. The fourth-order valence-corrected chi connectivity index (χ4v) is 3.07. The molecule has 3 heteroatoms. The molecule has 50 valence electrons. The molecular weight excluding hydrogens is 203 g/mol. The minimum absolute atomic E-state index is 0.852. The summed E-state index contributed by atoms with van der Waals surface area (Å²) in [7, 11) is 0. The van der Waals surface area contributed by atoms with Gasteiger partial charge in [0, 0.05) is 0 Å². The molecule has 0 bridgehead atoms. The first-order valence-corrected chi connectivity index (χ1v) is 6.40. The molecule has 0 nitrogen and oxygen atoms in total. The van der Waals surface area contributed by atoms with Crippen LogP contribution in [0.4, 0.5) is 0 Å². The Bertz CT molecular complexity index is 35.4. The average Bonchev–Trinajstić information content (AvgIpc) is 1.81. The summed E-state index contributed by atoms with van der Waals surface area (Å²) in [6.07, 6.45) is 1.29. The van der Waals surface area contributed by atoms with Crippen LogP contribution in [0.1, 0.15) is 6.42 Å². The summed E-state index contributed by atoms with van der Waals surface area (Å²) in [5.41, 5.74) is 0. The Morgan fingerprint density at radius 2 is 1.75 bits per heavy atom. The quantitative estimate of drug-likeness (QED) is 0.390. The van der Waals surface area contributed by atoms with Gasteiger partial charge in [-0.05, 0) is 0 Å². The molecular formula is C5H12S2Se. The normalized spacial score (nSPS) is 9.75. The molecule has 0 aliphatic heterocycles. The number of hydrogen-bond donors (Lipinski definition) is 2. The number of thiol groups is 2. The molecule has 0 aliphatic carbocycles. The number of rotatable bonds is 5. The van der Waals surface area contributed by atoms with Crippen LogP contribution in [0.2, 0.25) is 10.6 Å². The summed E-state index contributed by atoms with van der Waals surface area (Å²) in [5, 5.41) is 2.71. The van der Waals surface area contributed by atoms with E-state index in [0.29, 0.717) is 0 Å². The molecule has 0 aromatic heterocycles. The van der Waals surface area contributed by atoms with Crippen molar-refractivity contribution in [3.63, 3.8) is 0 Å². The molecule has 0 aliphatic rings. The van der Waals surface area contributed by atoms with E-state index in [1.807, 2.05) is 0 Å². The molecule has 0 radical (unpaired) electrons. The van der Waals surface area contributed by atoms with Crippen LogP contribution in [0, 0.1) is 0 Å². The van der Waals surface area contributed by atoms with Gasteiger partial charge in [-0.15, -0.1) is 0 Å². The summed E-state index contributed by atoms with van der Waals surface area (Å²) >= 11 is 9.08. The Hall–Kier alpha value is 1.22. The molecule has 0 saturated carbocycles. The van der Waals surface area contributed by atoms with Gasteiger partial charge in [0.25, 0.3) is 0 Å². The van der Waals surface area contributed by atoms with Gasteiger partial charge in [-0.1, -0.05) is 0 Å². The zero-order valence-corrected chi connectivity index (χ0v) is 8.34. The first-order valence-electron chi connectivity index (χ1n) is 2.71. The second-order valence-electron chi connectivity index (χ2n) is 1.41. The maximum atomic E-state index is 4.12. The van der Waals surface area contributed by atoms with E-state index in [-0.39, 0.29) is 0 Å². The third-order valence-corrected chi connectivity index (χ3v) is 4.15. The Kier molecular flexibility index (Phi) is 9.47. The molecule has 0 aromatic carbocycles. The Morgan fingerprint density at radius 3 is 2.25 bits per heavy atom. The standard InChI is InChI=1S/C5H12S2Se/c6-2-1-4-8-5-3-7/h6-7H,1-5H2. The average molecular weight is 215 g/mol. The van der Waals surface area contributed by atoms with Crippen molar-refractivity contribution < 1.29 is 0 Å².